The zero-order valence-electron chi connectivity index (χ0n) is 15.2. The van der Waals surface area contributed by atoms with Gasteiger partial charge < -0.3 is 15.8 Å². The second kappa shape index (κ2) is 8.21. The number of nitrogens with two attached hydrogens (primary N) is 1. The molecule has 2 rings (SSSR count). The molecule has 1 aromatic heterocycles. The largest absolute Gasteiger partial charge is 0.444 e. The van der Waals surface area contributed by atoms with Gasteiger partial charge in [-0.2, -0.15) is 10.4 Å². The molecule has 3 N–H and O–H groups in total. The molecule has 0 spiro atoms. The molecule has 26 heavy (non-hydrogen) atoms. The number of rotatable bonds is 5. The number of hydrogen-bond acceptors (Lipinski definition) is 5. The van der Waals surface area contributed by atoms with Crippen molar-refractivity contribution in [3.8, 4) is 11.8 Å². The number of nitrogen functional groups attached to an aromatic ring is 1. The first-order chi connectivity index (χ1) is 12.3. The van der Waals surface area contributed by atoms with Crippen molar-refractivity contribution in [3.05, 3.63) is 47.7 Å². The molecule has 7 nitrogen and oxygen atoms in total. The van der Waals surface area contributed by atoms with Crippen LogP contribution in [0.1, 0.15) is 38.3 Å². The molecule has 0 atom stereocenters. The van der Waals surface area contributed by atoms with E-state index in [9.17, 15) is 4.79 Å². The summed E-state index contributed by atoms with van der Waals surface area (Å²) in [6.45, 7) is 5.99. The Bertz CT molecular complexity index is 823. The third-order valence-corrected chi connectivity index (χ3v) is 3.35. The maximum Gasteiger partial charge on any atom is 0.407 e. The highest BCUT2D eigenvalue weighted by atomic mass is 16.6. The zero-order valence-corrected chi connectivity index (χ0v) is 15.2. The molecule has 1 amide bonds. The lowest BCUT2D eigenvalue weighted by atomic mass is 10.2. The van der Waals surface area contributed by atoms with Crippen molar-refractivity contribution < 1.29 is 9.53 Å². The summed E-state index contributed by atoms with van der Waals surface area (Å²) < 4.78 is 6.69. The Balaban J connectivity index is 1.85. The number of hydrogen-bond donors (Lipinski definition) is 2. The number of carbonyl (C=O) groups excluding carboxylic acids is 1. The topological polar surface area (TPSA) is 106 Å². The normalized spacial score (nSPS) is 11.3. The predicted molar refractivity (Wildman–Crippen MR) is 101 cm³/mol. The van der Waals surface area contributed by atoms with Crippen LogP contribution in [0.2, 0.25) is 0 Å². The van der Waals surface area contributed by atoms with Gasteiger partial charge in [0.05, 0.1) is 11.9 Å². The van der Waals surface area contributed by atoms with Crippen LogP contribution in [-0.4, -0.2) is 28.0 Å². The molecule has 0 unspecified atom stereocenters. The summed E-state index contributed by atoms with van der Waals surface area (Å²) in [5.41, 5.74) is 7.54. The van der Waals surface area contributed by atoms with Crippen LogP contribution in [0.15, 0.2) is 36.5 Å². The summed E-state index contributed by atoms with van der Waals surface area (Å²) in [7, 11) is 0. The molecule has 0 aliphatic carbocycles. The fourth-order valence-corrected chi connectivity index (χ4v) is 2.17. The Morgan fingerprint density at radius 2 is 2.08 bits per heavy atom. The molecule has 0 fully saturated rings. The number of alkyl carbamates (subject to hydrolysis) is 1. The van der Waals surface area contributed by atoms with E-state index in [2.05, 4.69) is 10.4 Å². The highest BCUT2D eigenvalue weighted by Gasteiger charge is 2.15. The maximum absolute atomic E-state index is 11.5. The van der Waals surface area contributed by atoms with Gasteiger partial charge in [0, 0.05) is 6.54 Å². The Morgan fingerprint density at radius 3 is 2.65 bits per heavy atom. The minimum absolute atomic E-state index is 0.323. The number of nitrogens with one attached hydrogen (secondary N) is 1. The summed E-state index contributed by atoms with van der Waals surface area (Å²) in [5.74, 6) is 0.323. The first-order valence-corrected chi connectivity index (χ1v) is 8.27. The number of benzene rings is 1. The Hall–Kier alpha value is -3.27. The van der Waals surface area contributed by atoms with Gasteiger partial charge in [-0.25, -0.2) is 9.48 Å². The van der Waals surface area contributed by atoms with Crippen LogP contribution < -0.4 is 11.1 Å². The van der Waals surface area contributed by atoms with Gasteiger partial charge in [0.2, 0.25) is 0 Å². The Kier molecular flexibility index (Phi) is 6.02. The predicted octanol–water partition coefficient (Wildman–Crippen LogP) is 3.25. The zero-order chi connectivity index (χ0) is 19.2. The summed E-state index contributed by atoms with van der Waals surface area (Å²) in [5, 5.41) is 15.7. The molecule has 0 aliphatic rings. The fraction of sp³-hybridized carbons (Fsp3) is 0.316. The van der Waals surface area contributed by atoms with E-state index in [1.807, 2.05) is 63.3 Å². The van der Waals surface area contributed by atoms with Crippen molar-refractivity contribution in [2.24, 2.45) is 0 Å². The minimum atomic E-state index is -0.492. The number of nitriles is 1. The third kappa shape index (κ3) is 5.38. The van der Waals surface area contributed by atoms with Gasteiger partial charge in [-0.1, -0.05) is 24.3 Å². The van der Waals surface area contributed by atoms with Gasteiger partial charge in [0.25, 0.3) is 0 Å². The second-order valence-corrected chi connectivity index (χ2v) is 6.68. The standard InChI is InChI=1S/C19H23N5O2/c1-19(2,3)26-18(25)22-11-5-4-6-14-7-9-16(10-8-14)24-17(21)15(12-20)13-23-24/h4,6-10,13H,5,11,21H2,1-3H3,(H,22,25). The van der Waals surface area contributed by atoms with Gasteiger partial charge in [-0.05, 0) is 44.9 Å². The van der Waals surface area contributed by atoms with Crippen LogP contribution in [0.5, 0.6) is 0 Å². The van der Waals surface area contributed by atoms with Crippen LogP contribution in [0.3, 0.4) is 0 Å². The van der Waals surface area contributed by atoms with Crippen LogP contribution in [0, 0.1) is 11.3 Å². The SMILES string of the molecule is CC(C)(C)OC(=O)NCCC=Cc1ccc(-n2ncc(C#N)c2N)cc1. The molecular weight excluding hydrogens is 330 g/mol. The number of carbonyl (C=O) groups is 1. The molecule has 136 valence electrons. The van der Waals surface area contributed by atoms with Crippen LogP contribution in [0.4, 0.5) is 10.6 Å². The quantitative estimate of drug-likeness (QED) is 0.803. The van der Waals surface area contributed by atoms with Crippen LogP contribution >= 0.6 is 0 Å². The van der Waals surface area contributed by atoms with Crippen molar-refractivity contribution in [2.75, 3.05) is 12.3 Å². The Labute approximate surface area is 153 Å². The summed E-state index contributed by atoms with van der Waals surface area (Å²) >= 11 is 0. The van der Waals surface area contributed by atoms with E-state index >= 15 is 0 Å². The molecular formula is C19H23N5O2. The van der Waals surface area contributed by atoms with Gasteiger partial charge in [-0.3, -0.25) is 0 Å². The lowest BCUT2D eigenvalue weighted by Gasteiger charge is -2.19. The van der Waals surface area contributed by atoms with Gasteiger partial charge in [0.15, 0.2) is 0 Å². The van der Waals surface area contributed by atoms with Crippen molar-refractivity contribution in [2.45, 2.75) is 32.8 Å². The van der Waals surface area contributed by atoms with E-state index in [0.29, 0.717) is 24.3 Å². The maximum atomic E-state index is 11.5. The molecule has 0 radical (unpaired) electrons. The van der Waals surface area contributed by atoms with Gasteiger partial charge >= 0.3 is 6.09 Å². The molecule has 0 bridgehead atoms. The van der Waals surface area contributed by atoms with Crippen LogP contribution in [-0.2, 0) is 4.74 Å². The molecule has 0 aliphatic heterocycles. The summed E-state index contributed by atoms with van der Waals surface area (Å²) in [6, 6.07) is 9.62. The number of ether oxygens (including phenoxy) is 1. The minimum Gasteiger partial charge on any atom is -0.444 e. The molecule has 0 saturated carbocycles. The van der Waals surface area contributed by atoms with Crippen molar-refractivity contribution >= 4 is 18.0 Å². The van der Waals surface area contributed by atoms with E-state index in [4.69, 9.17) is 15.7 Å². The fourth-order valence-electron chi connectivity index (χ4n) is 2.17. The molecule has 0 saturated heterocycles. The smallest absolute Gasteiger partial charge is 0.407 e. The number of nitrogens with zero attached hydrogens (tertiary/aromatic N) is 3. The third-order valence-electron chi connectivity index (χ3n) is 3.35. The first kappa shape index (κ1) is 19.1. The first-order valence-electron chi connectivity index (χ1n) is 8.27. The lowest BCUT2D eigenvalue weighted by Crippen LogP contribution is -2.32. The van der Waals surface area contributed by atoms with Crippen molar-refractivity contribution in [3.63, 3.8) is 0 Å². The highest BCUT2D eigenvalue weighted by Crippen LogP contribution is 2.17. The number of aromatic nitrogens is 2. The summed E-state index contributed by atoms with van der Waals surface area (Å²) in [6.07, 6.45) is 5.67. The monoisotopic (exact) mass is 353 g/mol. The van der Waals surface area contributed by atoms with Crippen molar-refractivity contribution in [1.29, 1.82) is 5.26 Å². The molecule has 1 heterocycles. The second-order valence-electron chi connectivity index (χ2n) is 6.68. The van der Waals surface area contributed by atoms with Gasteiger partial charge in [0.1, 0.15) is 23.1 Å². The average molecular weight is 353 g/mol. The average Bonchev–Trinajstić information content (AvgIpc) is 2.94. The van der Waals surface area contributed by atoms with E-state index < -0.39 is 11.7 Å². The summed E-state index contributed by atoms with van der Waals surface area (Å²) in [4.78, 5) is 11.5. The highest BCUT2D eigenvalue weighted by molar-refractivity contribution is 5.67. The lowest BCUT2D eigenvalue weighted by molar-refractivity contribution is 0.0529. The van der Waals surface area contributed by atoms with Gasteiger partial charge in [-0.15, -0.1) is 0 Å². The molecule has 7 heteroatoms. The molecule has 1 aromatic carbocycles. The van der Waals surface area contributed by atoms with Crippen molar-refractivity contribution in [1.82, 2.24) is 15.1 Å². The van der Waals surface area contributed by atoms with E-state index in [1.54, 1.807) is 0 Å². The number of anilines is 1. The van der Waals surface area contributed by atoms with E-state index in [1.165, 1.54) is 10.9 Å². The molecule has 2 aromatic rings. The number of amides is 1. The Morgan fingerprint density at radius 1 is 1.38 bits per heavy atom. The van der Waals surface area contributed by atoms with E-state index in [0.717, 1.165) is 11.3 Å². The van der Waals surface area contributed by atoms with Crippen LogP contribution in [0.25, 0.3) is 11.8 Å². The van der Waals surface area contributed by atoms with E-state index in [-0.39, 0.29) is 0 Å².